The molecule has 0 fully saturated rings. The molecular formula is C14H13N5O2. The minimum atomic E-state index is -0.398. The first-order valence-electron chi connectivity index (χ1n) is 6.35. The van der Waals surface area contributed by atoms with Gasteiger partial charge in [-0.2, -0.15) is 10.2 Å². The van der Waals surface area contributed by atoms with Crippen LogP contribution in [0.15, 0.2) is 35.1 Å². The van der Waals surface area contributed by atoms with Crippen molar-refractivity contribution in [3.63, 3.8) is 0 Å². The van der Waals surface area contributed by atoms with Crippen molar-refractivity contribution >= 4 is 22.5 Å². The van der Waals surface area contributed by atoms with Crippen LogP contribution >= 0.6 is 0 Å². The molecule has 0 atom stereocenters. The number of nitrogens with one attached hydrogen (secondary N) is 2. The molecule has 0 spiro atoms. The van der Waals surface area contributed by atoms with Crippen LogP contribution in [0.5, 0.6) is 0 Å². The van der Waals surface area contributed by atoms with Crippen LogP contribution in [-0.4, -0.2) is 25.9 Å². The highest BCUT2D eigenvalue weighted by molar-refractivity contribution is 6.10. The number of fused-ring (bicyclic) bond motifs is 1. The number of aryl methyl sites for hydroxylation is 2. The molecule has 0 saturated heterocycles. The van der Waals surface area contributed by atoms with Gasteiger partial charge in [0.1, 0.15) is 5.82 Å². The second-order valence-corrected chi connectivity index (χ2v) is 4.70. The monoisotopic (exact) mass is 283 g/mol. The van der Waals surface area contributed by atoms with E-state index >= 15 is 0 Å². The predicted octanol–water partition coefficient (Wildman–Crippen LogP) is 1.22. The highest BCUT2D eigenvalue weighted by Gasteiger charge is 2.15. The van der Waals surface area contributed by atoms with Gasteiger partial charge in [-0.05, 0) is 13.0 Å². The van der Waals surface area contributed by atoms with Crippen molar-refractivity contribution in [2.24, 2.45) is 7.05 Å². The van der Waals surface area contributed by atoms with Crippen LogP contribution in [0, 0.1) is 6.92 Å². The Bertz CT molecular complexity index is 894. The van der Waals surface area contributed by atoms with E-state index in [1.807, 2.05) is 6.92 Å². The van der Waals surface area contributed by atoms with E-state index < -0.39 is 5.91 Å². The third-order valence-electron chi connectivity index (χ3n) is 3.15. The molecule has 0 aliphatic rings. The summed E-state index contributed by atoms with van der Waals surface area (Å²) in [7, 11) is 1.74. The first-order chi connectivity index (χ1) is 10.1. The Labute approximate surface area is 119 Å². The van der Waals surface area contributed by atoms with E-state index in [-0.39, 0.29) is 11.3 Å². The van der Waals surface area contributed by atoms with Gasteiger partial charge in [0.25, 0.3) is 11.5 Å². The number of carbonyl (C=O) groups is 1. The first kappa shape index (κ1) is 13.0. The van der Waals surface area contributed by atoms with E-state index in [0.29, 0.717) is 16.6 Å². The second-order valence-electron chi connectivity index (χ2n) is 4.70. The molecule has 1 amide bonds. The Kier molecular flexibility index (Phi) is 3.02. The normalized spacial score (nSPS) is 10.8. The molecule has 106 valence electrons. The molecule has 21 heavy (non-hydrogen) atoms. The van der Waals surface area contributed by atoms with Crippen molar-refractivity contribution in [1.29, 1.82) is 0 Å². The second kappa shape index (κ2) is 4.86. The summed E-state index contributed by atoms with van der Waals surface area (Å²) in [5, 5.41) is 14.0. The molecule has 0 aliphatic heterocycles. The van der Waals surface area contributed by atoms with Gasteiger partial charge < -0.3 is 5.32 Å². The molecular weight excluding hydrogens is 270 g/mol. The lowest BCUT2D eigenvalue weighted by molar-refractivity contribution is 0.102. The Morgan fingerprint density at radius 3 is 2.67 bits per heavy atom. The van der Waals surface area contributed by atoms with Gasteiger partial charge in [-0.1, -0.05) is 18.2 Å². The van der Waals surface area contributed by atoms with Crippen LogP contribution in [-0.2, 0) is 7.05 Å². The molecule has 7 nitrogen and oxygen atoms in total. The maximum Gasteiger partial charge on any atom is 0.277 e. The highest BCUT2D eigenvalue weighted by Crippen LogP contribution is 2.15. The molecule has 2 aromatic heterocycles. The maximum atomic E-state index is 12.4. The zero-order chi connectivity index (χ0) is 15.0. The summed E-state index contributed by atoms with van der Waals surface area (Å²) in [6.45, 7) is 1.84. The average molecular weight is 283 g/mol. The fourth-order valence-corrected chi connectivity index (χ4v) is 2.19. The number of aromatic amines is 1. The van der Waals surface area contributed by atoms with E-state index in [1.54, 1.807) is 42.1 Å². The third-order valence-corrected chi connectivity index (χ3v) is 3.15. The van der Waals surface area contributed by atoms with Gasteiger partial charge in [0.2, 0.25) is 0 Å². The van der Waals surface area contributed by atoms with Crippen molar-refractivity contribution in [3.05, 3.63) is 52.1 Å². The lowest BCUT2D eigenvalue weighted by atomic mass is 10.1. The number of nitrogens with zero attached hydrogens (tertiary/aromatic N) is 3. The average Bonchev–Trinajstić information content (AvgIpc) is 2.77. The van der Waals surface area contributed by atoms with Gasteiger partial charge in [-0.15, -0.1) is 0 Å². The first-order valence-corrected chi connectivity index (χ1v) is 6.35. The topological polar surface area (TPSA) is 92.7 Å². The molecule has 0 unspecified atom stereocenters. The van der Waals surface area contributed by atoms with Gasteiger partial charge in [0.15, 0.2) is 5.69 Å². The summed E-state index contributed by atoms with van der Waals surface area (Å²) >= 11 is 0. The SMILES string of the molecule is Cc1cc(NC(=O)c2n[nH]c(=O)c3ccccc23)n(C)n1. The van der Waals surface area contributed by atoms with Gasteiger partial charge in [-0.3, -0.25) is 14.3 Å². The van der Waals surface area contributed by atoms with Crippen molar-refractivity contribution < 1.29 is 4.79 Å². The minimum Gasteiger partial charge on any atom is -0.305 e. The van der Waals surface area contributed by atoms with Crippen LogP contribution in [0.4, 0.5) is 5.82 Å². The van der Waals surface area contributed by atoms with Gasteiger partial charge >= 0.3 is 0 Å². The highest BCUT2D eigenvalue weighted by atomic mass is 16.2. The van der Waals surface area contributed by atoms with Crippen LogP contribution < -0.4 is 10.9 Å². The summed E-state index contributed by atoms with van der Waals surface area (Å²) in [5.41, 5.74) is 0.648. The number of carbonyl (C=O) groups excluding carboxylic acids is 1. The summed E-state index contributed by atoms with van der Waals surface area (Å²) in [6.07, 6.45) is 0. The molecule has 2 heterocycles. The smallest absolute Gasteiger partial charge is 0.277 e. The Balaban J connectivity index is 2.04. The summed E-state index contributed by atoms with van der Waals surface area (Å²) < 4.78 is 1.57. The van der Waals surface area contributed by atoms with Crippen LogP contribution in [0.2, 0.25) is 0 Å². The number of hydrogen-bond acceptors (Lipinski definition) is 4. The third kappa shape index (κ3) is 2.29. The standard InChI is InChI=1S/C14H13N5O2/c1-8-7-11(19(2)18-8)15-14(21)12-9-5-3-4-6-10(9)13(20)17-16-12/h3-7H,1-2H3,(H,15,21)(H,17,20). The fraction of sp³-hybridized carbons (Fsp3) is 0.143. The molecule has 0 bridgehead atoms. The molecule has 1 aromatic carbocycles. The maximum absolute atomic E-state index is 12.4. The molecule has 2 N–H and O–H groups in total. The molecule has 0 radical (unpaired) electrons. The largest absolute Gasteiger partial charge is 0.305 e. The number of aromatic nitrogens is 4. The zero-order valence-corrected chi connectivity index (χ0v) is 11.5. The van der Waals surface area contributed by atoms with E-state index in [9.17, 15) is 9.59 Å². The van der Waals surface area contributed by atoms with E-state index in [0.717, 1.165) is 5.69 Å². The van der Waals surface area contributed by atoms with Gasteiger partial charge in [0, 0.05) is 18.5 Å². The molecule has 3 rings (SSSR count). The number of anilines is 1. The quantitative estimate of drug-likeness (QED) is 0.739. The Morgan fingerprint density at radius 2 is 2.00 bits per heavy atom. The van der Waals surface area contributed by atoms with Crippen LogP contribution in [0.25, 0.3) is 10.8 Å². The van der Waals surface area contributed by atoms with Crippen LogP contribution in [0.3, 0.4) is 0 Å². The van der Waals surface area contributed by atoms with Crippen LogP contribution in [0.1, 0.15) is 16.2 Å². The van der Waals surface area contributed by atoms with Crippen molar-refractivity contribution in [2.75, 3.05) is 5.32 Å². The number of rotatable bonds is 2. The van der Waals surface area contributed by atoms with Crippen molar-refractivity contribution in [2.45, 2.75) is 6.92 Å². The summed E-state index contributed by atoms with van der Waals surface area (Å²) in [4.78, 5) is 24.1. The minimum absolute atomic E-state index is 0.170. The van der Waals surface area contributed by atoms with Crippen molar-refractivity contribution in [1.82, 2.24) is 20.0 Å². The van der Waals surface area contributed by atoms with Gasteiger partial charge in [-0.25, -0.2) is 5.10 Å². The molecule has 0 saturated carbocycles. The molecule has 0 aliphatic carbocycles. The number of H-pyrrole nitrogens is 1. The number of benzene rings is 1. The summed E-state index contributed by atoms with van der Waals surface area (Å²) in [6, 6.07) is 8.60. The van der Waals surface area contributed by atoms with Crippen molar-refractivity contribution in [3.8, 4) is 0 Å². The molecule has 3 aromatic rings. The molecule has 7 heteroatoms. The number of amides is 1. The van der Waals surface area contributed by atoms with E-state index in [2.05, 4.69) is 20.6 Å². The van der Waals surface area contributed by atoms with E-state index in [4.69, 9.17) is 0 Å². The zero-order valence-electron chi connectivity index (χ0n) is 11.5. The van der Waals surface area contributed by atoms with Gasteiger partial charge in [0.05, 0.1) is 11.1 Å². The number of hydrogen-bond donors (Lipinski definition) is 2. The lowest BCUT2D eigenvalue weighted by Crippen LogP contribution is -2.20. The predicted molar refractivity (Wildman–Crippen MR) is 78.3 cm³/mol. The Morgan fingerprint density at radius 1 is 1.29 bits per heavy atom. The fourth-order valence-electron chi connectivity index (χ4n) is 2.19. The Hall–Kier alpha value is -2.96. The lowest BCUT2D eigenvalue weighted by Gasteiger charge is -2.06. The summed E-state index contributed by atoms with van der Waals surface area (Å²) in [5.74, 6) is 0.167. The van der Waals surface area contributed by atoms with E-state index in [1.165, 1.54) is 0 Å².